The number of hydrogen-bond donors (Lipinski definition) is 2. The number of carbonyl (C=O) groups is 1. The van der Waals surface area contributed by atoms with Gasteiger partial charge < -0.3 is 15.2 Å². The summed E-state index contributed by atoms with van der Waals surface area (Å²) in [4.78, 5) is 12.3. The summed E-state index contributed by atoms with van der Waals surface area (Å²) < 4.78 is 5.50. The number of phenols is 1. The van der Waals surface area contributed by atoms with Crippen molar-refractivity contribution >= 4 is 29.4 Å². The summed E-state index contributed by atoms with van der Waals surface area (Å²) in [6, 6.07) is 13.0. The highest BCUT2D eigenvalue weighted by atomic mass is 32.2. The molecule has 0 unspecified atom stereocenters. The number of hydrogen-bond acceptors (Lipinski definition) is 5. The number of nitrogens with one attached hydrogen (secondary N) is 1. The van der Waals surface area contributed by atoms with Gasteiger partial charge in [-0.3, -0.25) is 4.79 Å². The van der Waals surface area contributed by atoms with Crippen molar-refractivity contribution in [3.05, 3.63) is 59.2 Å². The molecule has 132 valence electrons. The lowest BCUT2D eigenvalue weighted by atomic mass is 10.1. The van der Waals surface area contributed by atoms with E-state index in [-0.39, 0.29) is 11.7 Å². The number of amides is 1. The Morgan fingerprint density at radius 1 is 1.20 bits per heavy atom. The SMILES string of the molecule is COc1ccc(CNC(=O)c2ccc(C3SCCCS3)cc2)cc1O. The van der Waals surface area contributed by atoms with Crippen molar-refractivity contribution in [3.63, 3.8) is 0 Å². The molecule has 6 heteroatoms. The van der Waals surface area contributed by atoms with Crippen molar-refractivity contribution in [2.75, 3.05) is 18.6 Å². The summed E-state index contributed by atoms with van der Waals surface area (Å²) in [6.45, 7) is 0.354. The van der Waals surface area contributed by atoms with Crippen molar-refractivity contribution in [2.24, 2.45) is 0 Å². The molecule has 1 aliphatic rings. The molecular weight excluding hydrogens is 354 g/mol. The fraction of sp³-hybridized carbons (Fsp3) is 0.316. The summed E-state index contributed by atoms with van der Waals surface area (Å²) >= 11 is 3.94. The first-order valence-corrected chi connectivity index (χ1v) is 10.2. The normalized spacial score (nSPS) is 14.9. The zero-order chi connectivity index (χ0) is 17.6. The van der Waals surface area contributed by atoms with Crippen molar-refractivity contribution in [3.8, 4) is 11.5 Å². The molecule has 2 aromatic rings. The van der Waals surface area contributed by atoms with Crippen LogP contribution < -0.4 is 10.1 Å². The summed E-state index contributed by atoms with van der Waals surface area (Å²) in [7, 11) is 1.50. The van der Waals surface area contributed by atoms with Gasteiger partial charge in [0.05, 0.1) is 11.7 Å². The molecule has 2 aromatic carbocycles. The number of benzene rings is 2. The maximum atomic E-state index is 12.3. The lowest BCUT2D eigenvalue weighted by Gasteiger charge is -2.21. The Morgan fingerprint density at radius 2 is 1.92 bits per heavy atom. The minimum atomic E-state index is -0.120. The Kier molecular flexibility index (Phi) is 6.15. The van der Waals surface area contributed by atoms with Crippen molar-refractivity contribution in [2.45, 2.75) is 17.5 Å². The standard InChI is InChI=1S/C19H21NO3S2/c1-23-17-8-3-13(11-16(17)21)12-20-18(22)14-4-6-15(7-5-14)19-24-9-2-10-25-19/h3-8,11,19,21H,2,9-10,12H2,1H3,(H,20,22). The van der Waals surface area contributed by atoms with E-state index in [1.165, 1.54) is 30.6 Å². The molecule has 0 spiro atoms. The average molecular weight is 376 g/mol. The van der Waals surface area contributed by atoms with Crippen LogP contribution in [0.25, 0.3) is 0 Å². The number of phenolic OH excluding ortho intramolecular Hbond substituents is 1. The van der Waals surface area contributed by atoms with Crippen LogP contribution in [0, 0.1) is 0 Å². The van der Waals surface area contributed by atoms with Crippen LogP contribution in [0.4, 0.5) is 0 Å². The molecule has 2 N–H and O–H groups in total. The second-order valence-corrected chi connectivity index (χ2v) is 8.46. The first-order chi connectivity index (χ1) is 12.2. The van der Waals surface area contributed by atoms with Crippen molar-refractivity contribution in [1.29, 1.82) is 0 Å². The Bertz CT molecular complexity index is 728. The predicted octanol–water partition coefficient (Wildman–Crippen LogP) is 4.20. The predicted molar refractivity (Wildman–Crippen MR) is 105 cm³/mol. The maximum Gasteiger partial charge on any atom is 0.251 e. The van der Waals surface area contributed by atoms with Crippen LogP contribution in [0.5, 0.6) is 11.5 Å². The molecule has 1 saturated heterocycles. The highest BCUT2D eigenvalue weighted by Crippen LogP contribution is 2.43. The van der Waals surface area contributed by atoms with Gasteiger partial charge in [0.2, 0.25) is 0 Å². The summed E-state index contributed by atoms with van der Waals surface area (Å²) in [5.74, 6) is 2.78. The van der Waals surface area contributed by atoms with E-state index >= 15 is 0 Å². The lowest BCUT2D eigenvalue weighted by molar-refractivity contribution is 0.0951. The van der Waals surface area contributed by atoms with Gasteiger partial charge in [-0.05, 0) is 53.3 Å². The second kappa shape index (κ2) is 8.54. The number of carbonyl (C=O) groups excluding carboxylic acids is 1. The van der Waals surface area contributed by atoms with E-state index in [1.807, 2.05) is 53.9 Å². The Hall–Kier alpha value is -1.79. The van der Waals surface area contributed by atoms with Crippen LogP contribution in [0.3, 0.4) is 0 Å². The minimum Gasteiger partial charge on any atom is -0.504 e. The molecule has 25 heavy (non-hydrogen) atoms. The highest BCUT2D eigenvalue weighted by molar-refractivity contribution is 8.16. The maximum absolute atomic E-state index is 12.3. The fourth-order valence-electron chi connectivity index (χ4n) is 2.60. The van der Waals surface area contributed by atoms with Gasteiger partial charge >= 0.3 is 0 Å². The molecular formula is C19H21NO3S2. The van der Waals surface area contributed by atoms with Gasteiger partial charge in [0, 0.05) is 12.1 Å². The van der Waals surface area contributed by atoms with E-state index in [9.17, 15) is 9.90 Å². The lowest BCUT2D eigenvalue weighted by Crippen LogP contribution is -2.22. The van der Waals surface area contributed by atoms with E-state index < -0.39 is 0 Å². The van der Waals surface area contributed by atoms with Gasteiger partial charge in [-0.1, -0.05) is 18.2 Å². The molecule has 0 saturated carbocycles. The number of thioether (sulfide) groups is 2. The van der Waals surface area contributed by atoms with Gasteiger partial charge in [-0.2, -0.15) is 0 Å². The van der Waals surface area contributed by atoms with E-state index in [1.54, 1.807) is 12.1 Å². The molecule has 1 heterocycles. The van der Waals surface area contributed by atoms with Gasteiger partial charge in [0.1, 0.15) is 0 Å². The summed E-state index contributed by atoms with van der Waals surface area (Å²) in [5, 5.41) is 12.7. The van der Waals surface area contributed by atoms with Crippen LogP contribution in [0.15, 0.2) is 42.5 Å². The zero-order valence-corrected chi connectivity index (χ0v) is 15.7. The van der Waals surface area contributed by atoms with Crippen LogP contribution in [-0.4, -0.2) is 29.6 Å². The number of ether oxygens (including phenoxy) is 1. The first-order valence-electron chi connectivity index (χ1n) is 8.14. The molecule has 4 nitrogen and oxygen atoms in total. The van der Waals surface area contributed by atoms with Crippen molar-refractivity contribution < 1.29 is 14.6 Å². The third-order valence-electron chi connectivity index (χ3n) is 3.97. The second-order valence-electron chi connectivity index (χ2n) is 5.74. The van der Waals surface area contributed by atoms with E-state index in [4.69, 9.17) is 4.74 Å². The van der Waals surface area contributed by atoms with Gasteiger partial charge in [-0.25, -0.2) is 0 Å². The largest absolute Gasteiger partial charge is 0.504 e. The topological polar surface area (TPSA) is 58.6 Å². The molecule has 0 aliphatic carbocycles. The zero-order valence-electron chi connectivity index (χ0n) is 14.0. The first kappa shape index (κ1) is 18.0. The quantitative estimate of drug-likeness (QED) is 0.820. The molecule has 0 bridgehead atoms. The summed E-state index contributed by atoms with van der Waals surface area (Å²) in [5.41, 5.74) is 2.73. The van der Waals surface area contributed by atoms with Crippen LogP contribution >= 0.6 is 23.5 Å². The third kappa shape index (κ3) is 4.64. The number of aromatic hydroxyl groups is 1. The number of rotatable bonds is 5. The smallest absolute Gasteiger partial charge is 0.251 e. The average Bonchev–Trinajstić information content (AvgIpc) is 2.67. The van der Waals surface area contributed by atoms with Crippen LogP contribution in [0.2, 0.25) is 0 Å². The molecule has 1 aliphatic heterocycles. The van der Waals surface area contributed by atoms with Crippen molar-refractivity contribution in [1.82, 2.24) is 5.32 Å². The molecule has 3 rings (SSSR count). The molecule has 0 radical (unpaired) electrons. The van der Waals surface area contributed by atoms with E-state index in [0.29, 0.717) is 22.4 Å². The van der Waals surface area contributed by atoms with Crippen LogP contribution in [-0.2, 0) is 6.54 Å². The molecule has 1 amide bonds. The Labute approximate surface area is 156 Å². The highest BCUT2D eigenvalue weighted by Gasteiger charge is 2.17. The summed E-state index contributed by atoms with van der Waals surface area (Å²) in [6.07, 6.45) is 1.27. The number of methoxy groups -OCH3 is 1. The van der Waals surface area contributed by atoms with E-state index in [2.05, 4.69) is 5.32 Å². The molecule has 1 fully saturated rings. The van der Waals surface area contributed by atoms with Crippen LogP contribution in [0.1, 0.15) is 32.5 Å². The van der Waals surface area contributed by atoms with E-state index in [0.717, 1.165) is 5.56 Å². The van der Waals surface area contributed by atoms with Gasteiger partial charge in [0.25, 0.3) is 5.91 Å². The molecule has 0 aromatic heterocycles. The minimum absolute atomic E-state index is 0.0704. The third-order valence-corrected chi connectivity index (χ3v) is 6.98. The Balaban J connectivity index is 1.58. The molecule has 0 atom stereocenters. The fourth-order valence-corrected chi connectivity index (χ4v) is 5.50. The van der Waals surface area contributed by atoms with Gasteiger partial charge in [0.15, 0.2) is 11.5 Å². The van der Waals surface area contributed by atoms with Gasteiger partial charge in [-0.15, -0.1) is 23.5 Å². The monoisotopic (exact) mass is 375 g/mol. The Morgan fingerprint density at radius 3 is 2.56 bits per heavy atom.